The number of hydrogen-bond acceptors (Lipinski definition) is 3. The molecule has 2 rings (SSSR count). The van der Waals surface area contributed by atoms with Gasteiger partial charge in [-0.1, -0.05) is 25.1 Å². The minimum absolute atomic E-state index is 0.506. The SMILES string of the molecule is CCc1ccc(OCc2ccc(OC)c(OC)c2)cc1. The number of rotatable bonds is 6. The second-order valence-corrected chi connectivity index (χ2v) is 4.48. The van der Waals surface area contributed by atoms with E-state index in [0.717, 1.165) is 29.2 Å². The van der Waals surface area contributed by atoms with Crippen molar-refractivity contribution < 1.29 is 14.2 Å². The minimum Gasteiger partial charge on any atom is -0.493 e. The molecule has 0 aromatic heterocycles. The average molecular weight is 272 g/mol. The quantitative estimate of drug-likeness (QED) is 0.799. The third-order valence-electron chi connectivity index (χ3n) is 3.19. The van der Waals surface area contributed by atoms with Crippen LogP contribution in [0.2, 0.25) is 0 Å². The van der Waals surface area contributed by atoms with Crippen molar-refractivity contribution in [3.8, 4) is 17.2 Å². The Morgan fingerprint density at radius 2 is 1.45 bits per heavy atom. The van der Waals surface area contributed by atoms with Gasteiger partial charge >= 0.3 is 0 Å². The normalized spacial score (nSPS) is 10.2. The van der Waals surface area contributed by atoms with E-state index >= 15 is 0 Å². The van der Waals surface area contributed by atoms with E-state index in [0.29, 0.717) is 6.61 Å². The van der Waals surface area contributed by atoms with Gasteiger partial charge in [0.15, 0.2) is 11.5 Å². The van der Waals surface area contributed by atoms with Gasteiger partial charge in [0.1, 0.15) is 12.4 Å². The molecule has 3 heteroatoms. The van der Waals surface area contributed by atoms with Crippen LogP contribution in [0.15, 0.2) is 42.5 Å². The van der Waals surface area contributed by atoms with Crippen molar-refractivity contribution in [2.45, 2.75) is 20.0 Å². The third kappa shape index (κ3) is 3.44. The zero-order valence-electron chi connectivity index (χ0n) is 12.2. The molecular weight excluding hydrogens is 252 g/mol. The molecule has 0 aliphatic heterocycles. The van der Waals surface area contributed by atoms with Gasteiger partial charge in [-0.25, -0.2) is 0 Å². The lowest BCUT2D eigenvalue weighted by Crippen LogP contribution is -1.97. The van der Waals surface area contributed by atoms with Crippen LogP contribution in [0.3, 0.4) is 0 Å². The summed E-state index contributed by atoms with van der Waals surface area (Å²) in [6.07, 6.45) is 1.04. The lowest BCUT2D eigenvalue weighted by Gasteiger charge is -2.11. The van der Waals surface area contributed by atoms with Gasteiger partial charge in [-0.15, -0.1) is 0 Å². The highest BCUT2D eigenvalue weighted by Gasteiger charge is 2.05. The largest absolute Gasteiger partial charge is 0.493 e. The third-order valence-corrected chi connectivity index (χ3v) is 3.19. The fraction of sp³-hybridized carbons (Fsp3) is 0.294. The average Bonchev–Trinajstić information content (AvgIpc) is 2.53. The molecule has 2 aromatic rings. The van der Waals surface area contributed by atoms with E-state index < -0.39 is 0 Å². The lowest BCUT2D eigenvalue weighted by molar-refractivity contribution is 0.303. The molecule has 0 heterocycles. The molecule has 3 nitrogen and oxygen atoms in total. The molecule has 0 aliphatic carbocycles. The maximum Gasteiger partial charge on any atom is 0.161 e. The summed E-state index contributed by atoms with van der Waals surface area (Å²) >= 11 is 0. The van der Waals surface area contributed by atoms with Crippen LogP contribution in [0.25, 0.3) is 0 Å². The van der Waals surface area contributed by atoms with Gasteiger partial charge in [-0.3, -0.25) is 0 Å². The van der Waals surface area contributed by atoms with Crippen molar-refractivity contribution in [3.05, 3.63) is 53.6 Å². The zero-order valence-corrected chi connectivity index (χ0v) is 12.2. The molecule has 0 spiro atoms. The van der Waals surface area contributed by atoms with Crippen LogP contribution < -0.4 is 14.2 Å². The van der Waals surface area contributed by atoms with Crippen molar-refractivity contribution >= 4 is 0 Å². The van der Waals surface area contributed by atoms with Gasteiger partial charge in [0, 0.05) is 0 Å². The molecule has 0 amide bonds. The van der Waals surface area contributed by atoms with Crippen LogP contribution in [0.1, 0.15) is 18.1 Å². The Bertz CT molecular complexity index is 547. The van der Waals surface area contributed by atoms with Gasteiger partial charge in [0.05, 0.1) is 14.2 Å². The highest BCUT2D eigenvalue weighted by atomic mass is 16.5. The van der Waals surface area contributed by atoms with E-state index in [1.54, 1.807) is 14.2 Å². The zero-order chi connectivity index (χ0) is 14.4. The second-order valence-electron chi connectivity index (χ2n) is 4.48. The Labute approximate surface area is 120 Å². The van der Waals surface area contributed by atoms with Gasteiger partial charge < -0.3 is 14.2 Å². The topological polar surface area (TPSA) is 27.7 Å². The molecule has 20 heavy (non-hydrogen) atoms. The van der Waals surface area contributed by atoms with Crippen molar-refractivity contribution in [2.75, 3.05) is 14.2 Å². The molecule has 0 atom stereocenters. The van der Waals surface area contributed by atoms with Crippen LogP contribution in [0.5, 0.6) is 17.2 Å². The number of hydrogen-bond donors (Lipinski definition) is 0. The van der Waals surface area contributed by atoms with Gasteiger partial charge in [0.25, 0.3) is 0 Å². The van der Waals surface area contributed by atoms with E-state index in [4.69, 9.17) is 14.2 Å². The number of ether oxygens (including phenoxy) is 3. The molecule has 2 aromatic carbocycles. The van der Waals surface area contributed by atoms with Crippen LogP contribution >= 0.6 is 0 Å². The molecule has 0 aliphatic rings. The Hall–Kier alpha value is -2.16. The van der Waals surface area contributed by atoms with Crippen molar-refractivity contribution in [1.82, 2.24) is 0 Å². The first-order valence-electron chi connectivity index (χ1n) is 6.69. The van der Waals surface area contributed by atoms with E-state index in [-0.39, 0.29) is 0 Å². The van der Waals surface area contributed by atoms with Gasteiger partial charge in [-0.05, 0) is 41.8 Å². The second kappa shape index (κ2) is 6.85. The molecule has 0 saturated heterocycles. The molecule has 0 radical (unpaired) electrons. The number of benzene rings is 2. The van der Waals surface area contributed by atoms with Crippen LogP contribution in [-0.2, 0) is 13.0 Å². The molecule has 0 fully saturated rings. The maximum atomic E-state index is 5.77. The Kier molecular flexibility index (Phi) is 4.88. The van der Waals surface area contributed by atoms with Gasteiger partial charge in [-0.2, -0.15) is 0 Å². The monoisotopic (exact) mass is 272 g/mol. The highest BCUT2D eigenvalue weighted by Crippen LogP contribution is 2.28. The first kappa shape index (κ1) is 14.3. The Morgan fingerprint density at radius 3 is 2.05 bits per heavy atom. The summed E-state index contributed by atoms with van der Waals surface area (Å²) in [5.74, 6) is 2.32. The summed E-state index contributed by atoms with van der Waals surface area (Å²) in [4.78, 5) is 0. The standard InChI is InChI=1S/C17H20O3/c1-4-13-5-8-15(9-6-13)20-12-14-7-10-16(18-2)17(11-14)19-3/h5-11H,4,12H2,1-3H3. The molecule has 0 saturated carbocycles. The summed E-state index contributed by atoms with van der Waals surface area (Å²) in [5.41, 5.74) is 2.35. The summed E-state index contributed by atoms with van der Waals surface area (Å²) in [7, 11) is 3.26. The Balaban J connectivity index is 2.02. The molecule has 0 N–H and O–H groups in total. The fourth-order valence-electron chi connectivity index (χ4n) is 1.96. The van der Waals surface area contributed by atoms with E-state index in [2.05, 4.69) is 19.1 Å². The lowest BCUT2D eigenvalue weighted by atomic mass is 10.2. The van der Waals surface area contributed by atoms with E-state index in [1.165, 1.54) is 5.56 Å². The van der Waals surface area contributed by atoms with Crippen LogP contribution in [0, 0.1) is 0 Å². The molecule has 0 unspecified atom stereocenters. The van der Waals surface area contributed by atoms with Crippen LogP contribution in [0.4, 0.5) is 0 Å². The maximum absolute atomic E-state index is 5.77. The fourth-order valence-corrected chi connectivity index (χ4v) is 1.96. The van der Waals surface area contributed by atoms with E-state index in [9.17, 15) is 0 Å². The molecule has 106 valence electrons. The number of aryl methyl sites for hydroxylation is 1. The Morgan fingerprint density at radius 1 is 0.800 bits per heavy atom. The summed E-state index contributed by atoms with van der Waals surface area (Å²) in [6.45, 7) is 2.64. The van der Waals surface area contributed by atoms with E-state index in [1.807, 2.05) is 30.3 Å². The predicted octanol–water partition coefficient (Wildman–Crippen LogP) is 3.85. The van der Waals surface area contributed by atoms with Crippen LogP contribution in [-0.4, -0.2) is 14.2 Å². The summed E-state index contributed by atoms with van der Waals surface area (Å²) in [6, 6.07) is 14.0. The summed E-state index contributed by atoms with van der Waals surface area (Å²) in [5, 5.41) is 0. The van der Waals surface area contributed by atoms with Gasteiger partial charge in [0.2, 0.25) is 0 Å². The first-order valence-corrected chi connectivity index (χ1v) is 6.69. The predicted molar refractivity (Wildman–Crippen MR) is 79.7 cm³/mol. The first-order chi connectivity index (χ1) is 9.76. The smallest absolute Gasteiger partial charge is 0.161 e. The molecule has 0 bridgehead atoms. The molecular formula is C17H20O3. The minimum atomic E-state index is 0.506. The summed E-state index contributed by atoms with van der Waals surface area (Å²) < 4.78 is 16.3. The highest BCUT2D eigenvalue weighted by molar-refractivity contribution is 5.42. The van der Waals surface area contributed by atoms with Crippen molar-refractivity contribution in [3.63, 3.8) is 0 Å². The van der Waals surface area contributed by atoms with Crippen molar-refractivity contribution in [2.24, 2.45) is 0 Å². The van der Waals surface area contributed by atoms with Crippen molar-refractivity contribution in [1.29, 1.82) is 0 Å². The number of methoxy groups -OCH3 is 2.